The van der Waals surface area contributed by atoms with Crippen LogP contribution in [-0.2, 0) is 13.0 Å². The number of rotatable bonds is 5. The van der Waals surface area contributed by atoms with Crippen LogP contribution in [0.1, 0.15) is 41.0 Å². The first-order chi connectivity index (χ1) is 11.6. The van der Waals surface area contributed by atoms with Gasteiger partial charge in [0, 0.05) is 36.0 Å². The van der Waals surface area contributed by atoms with Gasteiger partial charge in [-0.1, -0.05) is 0 Å². The highest BCUT2D eigenvalue weighted by Crippen LogP contribution is 2.35. The van der Waals surface area contributed by atoms with Crippen molar-refractivity contribution < 1.29 is 14.3 Å². The van der Waals surface area contributed by atoms with Crippen molar-refractivity contribution in [2.75, 3.05) is 6.61 Å². The summed E-state index contributed by atoms with van der Waals surface area (Å²) in [6.07, 6.45) is 2.65. The van der Waals surface area contributed by atoms with Crippen molar-refractivity contribution in [2.24, 2.45) is 0 Å². The molecule has 1 N–H and O–H groups in total. The number of hydrogen-bond donors (Lipinski definition) is 1. The summed E-state index contributed by atoms with van der Waals surface area (Å²) in [5.41, 5.74) is 3.50. The van der Waals surface area contributed by atoms with Gasteiger partial charge in [-0.15, -0.1) is 0 Å². The third-order valence-electron chi connectivity index (χ3n) is 3.99. The Hall–Kier alpha value is -2.56. The molecule has 1 aliphatic rings. The molecule has 5 heteroatoms. The number of nitrogens with one attached hydrogen (secondary N) is 1. The SMILES string of the molecule is CCOc1cc2c(cc1CNC(=O)c1ccc(C)nc1)O[C@H](C)C2. The maximum atomic E-state index is 12.3. The molecule has 1 aliphatic heterocycles. The molecule has 1 atom stereocenters. The number of aromatic nitrogens is 1. The van der Waals surface area contributed by atoms with E-state index in [2.05, 4.69) is 10.3 Å². The molecule has 0 aliphatic carbocycles. The van der Waals surface area contributed by atoms with Crippen molar-refractivity contribution in [3.63, 3.8) is 0 Å². The number of amides is 1. The fraction of sp³-hybridized carbons (Fsp3) is 0.368. The zero-order chi connectivity index (χ0) is 17.1. The number of benzene rings is 1. The van der Waals surface area contributed by atoms with Crippen LogP contribution in [0, 0.1) is 6.92 Å². The molecule has 24 heavy (non-hydrogen) atoms. The van der Waals surface area contributed by atoms with Crippen LogP contribution in [-0.4, -0.2) is 23.6 Å². The first kappa shape index (κ1) is 16.3. The Kier molecular flexibility index (Phi) is 4.69. The maximum Gasteiger partial charge on any atom is 0.253 e. The number of fused-ring (bicyclic) bond motifs is 1. The second-order valence-electron chi connectivity index (χ2n) is 6.00. The largest absolute Gasteiger partial charge is 0.494 e. The van der Waals surface area contributed by atoms with E-state index in [9.17, 15) is 4.79 Å². The molecule has 0 spiro atoms. The van der Waals surface area contributed by atoms with E-state index in [0.29, 0.717) is 18.7 Å². The minimum atomic E-state index is -0.153. The molecule has 1 aromatic carbocycles. The fourth-order valence-corrected chi connectivity index (χ4v) is 2.79. The number of pyridine rings is 1. The molecule has 0 bridgehead atoms. The van der Waals surface area contributed by atoms with Gasteiger partial charge in [0.15, 0.2) is 0 Å². The quantitative estimate of drug-likeness (QED) is 0.917. The Morgan fingerprint density at radius 2 is 2.25 bits per heavy atom. The summed E-state index contributed by atoms with van der Waals surface area (Å²) in [7, 11) is 0. The molecular formula is C19H22N2O3. The predicted molar refractivity (Wildman–Crippen MR) is 91.5 cm³/mol. The van der Waals surface area contributed by atoms with Gasteiger partial charge in [0.1, 0.15) is 17.6 Å². The summed E-state index contributed by atoms with van der Waals surface area (Å²) in [5.74, 6) is 1.53. The third-order valence-corrected chi connectivity index (χ3v) is 3.99. The fourth-order valence-electron chi connectivity index (χ4n) is 2.79. The second kappa shape index (κ2) is 6.91. The van der Waals surface area contributed by atoms with Gasteiger partial charge in [-0.25, -0.2) is 0 Å². The average molecular weight is 326 g/mol. The Morgan fingerprint density at radius 3 is 2.96 bits per heavy atom. The van der Waals surface area contributed by atoms with Gasteiger partial charge < -0.3 is 14.8 Å². The lowest BCUT2D eigenvalue weighted by atomic mass is 10.1. The van der Waals surface area contributed by atoms with Crippen LogP contribution in [0.15, 0.2) is 30.5 Å². The number of carbonyl (C=O) groups is 1. The van der Waals surface area contributed by atoms with Crippen LogP contribution < -0.4 is 14.8 Å². The third kappa shape index (κ3) is 3.50. The first-order valence-electron chi connectivity index (χ1n) is 8.23. The average Bonchev–Trinajstić information content (AvgIpc) is 2.92. The van der Waals surface area contributed by atoms with Crippen molar-refractivity contribution >= 4 is 5.91 Å². The van der Waals surface area contributed by atoms with E-state index in [1.54, 1.807) is 12.3 Å². The van der Waals surface area contributed by atoms with Gasteiger partial charge in [-0.3, -0.25) is 9.78 Å². The van der Waals surface area contributed by atoms with Crippen molar-refractivity contribution in [1.29, 1.82) is 0 Å². The Morgan fingerprint density at radius 1 is 1.42 bits per heavy atom. The van der Waals surface area contributed by atoms with Gasteiger partial charge in [0.25, 0.3) is 5.91 Å². The standard InChI is InChI=1S/C19H22N2O3/c1-4-23-17-8-15-7-13(3)24-18(15)9-16(17)11-21-19(22)14-6-5-12(2)20-10-14/h5-6,8-10,13H,4,7,11H2,1-3H3,(H,21,22)/t13-/m1/s1. The minimum absolute atomic E-state index is 0.153. The van der Waals surface area contributed by atoms with E-state index >= 15 is 0 Å². The number of carbonyl (C=O) groups excluding carboxylic acids is 1. The van der Waals surface area contributed by atoms with Crippen LogP contribution in [0.25, 0.3) is 0 Å². The monoisotopic (exact) mass is 326 g/mol. The van der Waals surface area contributed by atoms with Crippen molar-refractivity contribution in [1.82, 2.24) is 10.3 Å². The molecule has 126 valence electrons. The lowest BCUT2D eigenvalue weighted by Crippen LogP contribution is -2.23. The molecule has 0 fully saturated rings. The van der Waals surface area contributed by atoms with E-state index in [1.165, 1.54) is 0 Å². The topological polar surface area (TPSA) is 60.5 Å². The molecular weight excluding hydrogens is 304 g/mol. The highest BCUT2D eigenvalue weighted by molar-refractivity contribution is 5.93. The van der Waals surface area contributed by atoms with Crippen molar-refractivity contribution in [3.05, 3.63) is 52.8 Å². The number of ether oxygens (including phenoxy) is 2. The van der Waals surface area contributed by atoms with Crippen LogP contribution in [0.2, 0.25) is 0 Å². The zero-order valence-corrected chi connectivity index (χ0v) is 14.3. The molecule has 0 saturated heterocycles. The normalized spacial score (nSPS) is 15.5. The van der Waals surface area contributed by atoms with Gasteiger partial charge in [-0.2, -0.15) is 0 Å². The van der Waals surface area contributed by atoms with E-state index in [-0.39, 0.29) is 12.0 Å². The van der Waals surface area contributed by atoms with E-state index in [1.807, 2.05) is 39.0 Å². The molecule has 0 radical (unpaired) electrons. The van der Waals surface area contributed by atoms with E-state index < -0.39 is 0 Å². The van der Waals surface area contributed by atoms with Gasteiger partial charge in [0.2, 0.25) is 0 Å². The predicted octanol–water partition coefficient (Wildman–Crippen LogP) is 3.04. The van der Waals surface area contributed by atoms with Crippen molar-refractivity contribution in [3.8, 4) is 11.5 Å². The molecule has 1 aromatic heterocycles. The lowest BCUT2D eigenvalue weighted by Gasteiger charge is -2.13. The highest BCUT2D eigenvalue weighted by atomic mass is 16.5. The van der Waals surface area contributed by atoms with E-state index in [0.717, 1.165) is 34.7 Å². The lowest BCUT2D eigenvalue weighted by molar-refractivity contribution is 0.0950. The van der Waals surface area contributed by atoms with E-state index in [4.69, 9.17) is 9.47 Å². The summed E-state index contributed by atoms with van der Waals surface area (Å²) in [6, 6.07) is 7.59. The molecule has 5 nitrogen and oxygen atoms in total. The van der Waals surface area contributed by atoms with Crippen LogP contribution >= 0.6 is 0 Å². The smallest absolute Gasteiger partial charge is 0.253 e. The number of aryl methyl sites for hydroxylation is 1. The maximum absolute atomic E-state index is 12.3. The van der Waals surface area contributed by atoms with Crippen molar-refractivity contribution in [2.45, 2.75) is 39.8 Å². The zero-order valence-electron chi connectivity index (χ0n) is 14.3. The summed E-state index contributed by atoms with van der Waals surface area (Å²) in [6.45, 7) is 6.85. The van der Waals surface area contributed by atoms with Crippen LogP contribution in [0.4, 0.5) is 0 Å². The molecule has 0 saturated carbocycles. The Bertz CT molecular complexity index is 741. The summed E-state index contributed by atoms with van der Waals surface area (Å²) in [4.78, 5) is 16.4. The van der Waals surface area contributed by atoms with Gasteiger partial charge in [-0.05, 0) is 45.0 Å². The minimum Gasteiger partial charge on any atom is -0.494 e. The highest BCUT2D eigenvalue weighted by Gasteiger charge is 2.22. The molecule has 1 amide bonds. The number of nitrogens with zero attached hydrogens (tertiary/aromatic N) is 1. The van der Waals surface area contributed by atoms with Gasteiger partial charge in [0.05, 0.1) is 12.2 Å². The summed E-state index contributed by atoms with van der Waals surface area (Å²) >= 11 is 0. The second-order valence-corrected chi connectivity index (χ2v) is 6.00. The molecule has 2 aromatic rings. The first-order valence-corrected chi connectivity index (χ1v) is 8.23. The summed E-state index contributed by atoms with van der Waals surface area (Å²) in [5, 5.41) is 2.92. The Balaban J connectivity index is 1.75. The number of hydrogen-bond acceptors (Lipinski definition) is 4. The van der Waals surface area contributed by atoms with Crippen LogP contribution in [0.5, 0.6) is 11.5 Å². The van der Waals surface area contributed by atoms with Gasteiger partial charge >= 0.3 is 0 Å². The molecule has 0 unspecified atom stereocenters. The Labute approximate surface area is 142 Å². The molecule has 2 heterocycles. The van der Waals surface area contributed by atoms with Crippen LogP contribution in [0.3, 0.4) is 0 Å². The molecule has 3 rings (SSSR count). The summed E-state index contributed by atoms with van der Waals surface area (Å²) < 4.78 is 11.5.